The van der Waals surface area contributed by atoms with Gasteiger partial charge in [-0.05, 0) is 35.7 Å². The van der Waals surface area contributed by atoms with E-state index < -0.39 is 6.10 Å². The van der Waals surface area contributed by atoms with E-state index >= 15 is 0 Å². The number of amides is 1. The first kappa shape index (κ1) is 16.3. The predicted molar refractivity (Wildman–Crippen MR) is 91.9 cm³/mol. The van der Waals surface area contributed by atoms with Crippen molar-refractivity contribution in [2.75, 3.05) is 13.2 Å². The summed E-state index contributed by atoms with van der Waals surface area (Å²) in [6.07, 6.45) is -0.905. The van der Waals surface area contributed by atoms with Gasteiger partial charge in [-0.25, -0.2) is 0 Å². The minimum atomic E-state index is -0.905. The lowest BCUT2D eigenvalue weighted by atomic mass is 10.2. The van der Waals surface area contributed by atoms with Crippen LogP contribution >= 0.6 is 11.3 Å². The Balaban J connectivity index is 1.46. The van der Waals surface area contributed by atoms with Gasteiger partial charge in [-0.15, -0.1) is 0 Å². The van der Waals surface area contributed by atoms with Crippen LogP contribution in [0.25, 0.3) is 11.3 Å². The topological polar surface area (TPSA) is 71.7 Å². The van der Waals surface area contributed by atoms with Gasteiger partial charge in [0.2, 0.25) is 0 Å². The van der Waals surface area contributed by atoms with Crippen LogP contribution in [0, 0.1) is 0 Å². The number of rotatable bonds is 7. The fraction of sp³-hybridized carbons (Fsp3) is 0.167. The number of hydrogen-bond acceptors (Lipinski definition) is 5. The maximum absolute atomic E-state index is 11.8. The Morgan fingerprint density at radius 1 is 1.21 bits per heavy atom. The summed E-state index contributed by atoms with van der Waals surface area (Å²) in [6, 6.07) is 14.6. The Morgan fingerprint density at radius 3 is 2.79 bits per heavy atom. The summed E-state index contributed by atoms with van der Waals surface area (Å²) in [4.78, 5) is 11.8. The molecule has 1 aromatic carbocycles. The van der Waals surface area contributed by atoms with E-state index in [1.54, 1.807) is 35.6 Å². The molecule has 0 aliphatic heterocycles. The van der Waals surface area contributed by atoms with Crippen molar-refractivity contribution in [2.45, 2.75) is 6.10 Å². The van der Waals surface area contributed by atoms with Crippen molar-refractivity contribution in [3.05, 3.63) is 65.1 Å². The fourth-order valence-electron chi connectivity index (χ4n) is 2.12. The number of aliphatic hydroxyl groups excluding tert-OH is 1. The van der Waals surface area contributed by atoms with Crippen molar-refractivity contribution in [1.29, 1.82) is 0 Å². The van der Waals surface area contributed by atoms with E-state index in [1.807, 2.05) is 35.0 Å². The molecule has 3 aromatic rings. The van der Waals surface area contributed by atoms with Gasteiger partial charge in [-0.2, -0.15) is 11.3 Å². The van der Waals surface area contributed by atoms with Crippen molar-refractivity contribution in [2.24, 2.45) is 0 Å². The van der Waals surface area contributed by atoms with Crippen molar-refractivity contribution >= 4 is 17.2 Å². The van der Waals surface area contributed by atoms with Gasteiger partial charge in [0, 0.05) is 10.9 Å². The van der Waals surface area contributed by atoms with Crippen LogP contribution in [0.15, 0.2) is 63.7 Å². The van der Waals surface area contributed by atoms with E-state index in [-0.39, 0.29) is 19.1 Å². The quantitative estimate of drug-likeness (QED) is 0.691. The highest BCUT2D eigenvalue weighted by Crippen LogP contribution is 2.26. The van der Waals surface area contributed by atoms with Crippen LogP contribution < -0.4 is 10.1 Å². The molecule has 6 heteroatoms. The van der Waals surface area contributed by atoms with E-state index in [4.69, 9.17) is 9.15 Å². The standard InChI is InChI=1S/C18H17NO4S/c20-15(17-7-6-16(23-17)13-8-9-24-12-13)10-19-18(21)11-22-14-4-2-1-3-5-14/h1-9,12,15,20H,10-11H2,(H,19,21)/t15-/m1/s1. The molecule has 2 N–H and O–H groups in total. The number of ether oxygens (including phenoxy) is 1. The molecule has 0 aliphatic rings. The molecular weight excluding hydrogens is 326 g/mol. The third-order valence-corrected chi connectivity index (χ3v) is 4.05. The molecule has 24 heavy (non-hydrogen) atoms. The average molecular weight is 343 g/mol. The summed E-state index contributed by atoms with van der Waals surface area (Å²) >= 11 is 1.58. The Kier molecular flexibility index (Phi) is 5.30. The normalized spacial score (nSPS) is 11.9. The first-order valence-corrected chi connectivity index (χ1v) is 8.41. The molecule has 0 saturated carbocycles. The minimum absolute atomic E-state index is 0.0631. The van der Waals surface area contributed by atoms with E-state index in [0.29, 0.717) is 17.3 Å². The molecule has 0 saturated heterocycles. The maximum atomic E-state index is 11.8. The molecular formula is C18H17NO4S. The van der Waals surface area contributed by atoms with Crippen LogP contribution in [-0.2, 0) is 4.79 Å². The summed E-state index contributed by atoms with van der Waals surface area (Å²) in [7, 11) is 0. The zero-order chi connectivity index (χ0) is 16.8. The second-order valence-corrected chi connectivity index (χ2v) is 5.92. The first-order valence-electron chi connectivity index (χ1n) is 7.47. The molecule has 2 heterocycles. The number of furan rings is 1. The zero-order valence-corrected chi connectivity index (χ0v) is 13.7. The van der Waals surface area contributed by atoms with Gasteiger partial charge in [-0.1, -0.05) is 18.2 Å². The molecule has 3 rings (SSSR count). The van der Waals surface area contributed by atoms with Crippen molar-refractivity contribution in [3.63, 3.8) is 0 Å². The number of carbonyl (C=O) groups is 1. The van der Waals surface area contributed by atoms with Gasteiger partial charge in [0.25, 0.3) is 5.91 Å². The van der Waals surface area contributed by atoms with E-state index in [1.165, 1.54) is 0 Å². The Morgan fingerprint density at radius 2 is 2.04 bits per heavy atom. The molecule has 0 unspecified atom stereocenters. The van der Waals surface area contributed by atoms with Crippen molar-refractivity contribution in [1.82, 2.24) is 5.32 Å². The number of thiophene rings is 1. The second-order valence-electron chi connectivity index (χ2n) is 5.14. The zero-order valence-electron chi connectivity index (χ0n) is 12.8. The fourth-order valence-corrected chi connectivity index (χ4v) is 2.76. The monoisotopic (exact) mass is 343 g/mol. The van der Waals surface area contributed by atoms with Gasteiger partial charge in [0.1, 0.15) is 23.4 Å². The van der Waals surface area contributed by atoms with Crippen molar-refractivity contribution < 1.29 is 19.1 Å². The van der Waals surface area contributed by atoms with Crippen LogP contribution in [0.1, 0.15) is 11.9 Å². The highest BCUT2D eigenvalue weighted by atomic mass is 32.1. The van der Waals surface area contributed by atoms with Crippen LogP contribution in [-0.4, -0.2) is 24.2 Å². The molecule has 0 fully saturated rings. The lowest BCUT2D eigenvalue weighted by molar-refractivity contribution is -0.123. The highest BCUT2D eigenvalue weighted by molar-refractivity contribution is 7.08. The molecule has 0 radical (unpaired) electrons. The first-order chi connectivity index (χ1) is 11.7. The maximum Gasteiger partial charge on any atom is 0.258 e. The van der Waals surface area contributed by atoms with E-state index in [9.17, 15) is 9.90 Å². The number of benzene rings is 1. The Hall–Kier alpha value is -2.57. The van der Waals surface area contributed by atoms with Gasteiger partial charge in [0.15, 0.2) is 6.61 Å². The molecule has 0 bridgehead atoms. The molecule has 5 nitrogen and oxygen atoms in total. The third-order valence-electron chi connectivity index (χ3n) is 3.37. The summed E-state index contributed by atoms with van der Waals surface area (Å²) in [5, 5.41) is 16.7. The summed E-state index contributed by atoms with van der Waals surface area (Å²) < 4.78 is 11.0. The molecule has 1 amide bonds. The SMILES string of the molecule is O=C(COc1ccccc1)NC[C@@H](O)c1ccc(-c2ccsc2)o1. The molecule has 0 aliphatic carbocycles. The lowest BCUT2D eigenvalue weighted by Crippen LogP contribution is -2.32. The summed E-state index contributed by atoms with van der Waals surface area (Å²) in [5.41, 5.74) is 0.971. The predicted octanol–water partition coefficient (Wildman–Crippen LogP) is 3.24. The Bertz CT molecular complexity index is 767. The van der Waals surface area contributed by atoms with E-state index in [2.05, 4.69) is 5.32 Å². The number of hydrogen-bond donors (Lipinski definition) is 2. The summed E-state index contributed by atoms with van der Waals surface area (Å²) in [6.45, 7) is -0.0391. The smallest absolute Gasteiger partial charge is 0.258 e. The van der Waals surface area contributed by atoms with Crippen molar-refractivity contribution in [3.8, 4) is 17.1 Å². The van der Waals surface area contributed by atoms with Crippen LogP contribution in [0.3, 0.4) is 0 Å². The number of para-hydroxylation sites is 1. The van der Waals surface area contributed by atoms with Gasteiger partial charge >= 0.3 is 0 Å². The summed E-state index contributed by atoms with van der Waals surface area (Å²) in [5.74, 6) is 1.44. The van der Waals surface area contributed by atoms with Crippen LogP contribution in [0.2, 0.25) is 0 Å². The van der Waals surface area contributed by atoms with Gasteiger partial charge in [-0.3, -0.25) is 4.79 Å². The second kappa shape index (κ2) is 7.81. The van der Waals surface area contributed by atoms with Gasteiger partial charge < -0.3 is 19.6 Å². The van der Waals surface area contributed by atoms with Crippen LogP contribution in [0.5, 0.6) is 5.75 Å². The average Bonchev–Trinajstić information content (AvgIpc) is 3.29. The third kappa shape index (κ3) is 4.24. The lowest BCUT2D eigenvalue weighted by Gasteiger charge is -2.10. The number of carbonyl (C=O) groups excluding carboxylic acids is 1. The largest absolute Gasteiger partial charge is 0.484 e. The molecule has 1 atom stereocenters. The molecule has 2 aromatic heterocycles. The minimum Gasteiger partial charge on any atom is -0.484 e. The highest BCUT2D eigenvalue weighted by Gasteiger charge is 2.15. The number of nitrogens with one attached hydrogen (secondary N) is 1. The molecule has 124 valence electrons. The van der Waals surface area contributed by atoms with Crippen LogP contribution in [0.4, 0.5) is 0 Å². The van der Waals surface area contributed by atoms with Gasteiger partial charge in [0.05, 0.1) is 6.54 Å². The molecule has 0 spiro atoms. The number of aliphatic hydroxyl groups is 1. The Labute approximate surface area is 143 Å². The van der Waals surface area contributed by atoms with E-state index in [0.717, 1.165) is 5.56 Å².